The number of aryl methyl sites for hydroxylation is 1. The maximum Gasteiger partial charge on any atom is 0.274 e. The number of hydrogen-bond acceptors (Lipinski definition) is 3. The van der Waals surface area contributed by atoms with Gasteiger partial charge in [0.15, 0.2) is 0 Å². The number of nitrogens with zero attached hydrogens (tertiary/aromatic N) is 1. The number of fused-ring (bicyclic) bond motifs is 1. The fraction of sp³-hybridized carbons (Fsp3) is 0.333. The second kappa shape index (κ2) is 11.8. The van der Waals surface area contributed by atoms with Gasteiger partial charge >= 0.3 is 0 Å². The van der Waals surface area contributed by atoms with Crippen molar-refractivity contribution in [1.29, 1.82) is 0 Å². The Morgan fingerprint density at radius 3 is 2.56 bits per heavy atom. The molecule has 0 radical (unpaired) electrons. The van der Waals surface area contributed by atoms with Gasteiger partial charge < -0.3 is 15.6 Å². The zero-order valence-corrected chi connectivity index (χ0v) is 21.3. The Morgan fingerprint density at radius 2 is 1.86 bits per heavy atom. The van der Waals surface area contributed by atoms with Crippen LogP contribution in [0, 0.1) is 5.82 Å². The van der Waals surface area contributed by atoms with Gasteiger partial charge in [0, 0.05) is 28.5 Å². The molecule has 36 heavy (non-hydrogen) atoms. The summed E-state index contributed by atoms with van der Waals surface area (Å²) in [6.45, 7) is 6.46. The molecule has 2 heterocycles. The summed E-state index contributed by atoms with van der Waals surface area (Å²) in [6.07, 6.45) is 8.39. The molecule has 2 aromatic carbocycles. The fourth-order valence-corrected chi connectivity index (χ4v) is 4.69. The summed E-state index contributed by atoms with van der Waals surface area (Å²) in [5.41, 5.74) is 5.34. The van der Waals surface area contributed by atoms with Crippen molar-refractivity contribution >= 4 is 33.9 Å². The molecule has 5 nitrogen and oxygen atoms in total. The van der Waals surface area contributed by atoms with Crippen molar-refractivity contribution < 1.29 is 9.18 Å². The van der Waals surface area contributed by atoms with E-state index >= 15 is 0 Å². The van der Waals surface area contributed by atoms with Crippen molar-refractivity contribution in [3.05, 3.63) is 83.6 Å². The minimum atomic E-state index is -0.309. The third-order valence-electron chi connectivity index (χ3n) is 6.65. The first kappa shape index (κ1) is 25.4. The van der Waals surface area contributed by atoms with Crippen LogP contribution in [0.5, 0.6) is 0 Å². The van der Waals surface area contributed by atoms with Crippen LogP contribution in [-0.4, -0.2) is 15.9 Å². The quantitative estimate of drug-likeness (QED) is 0.200. The molecular formula is C30H35FN4O. The van der Waals surface area contributed by atoms with Gasteiger partial charge in [0.05, 0.1) is 11.4 Å². The molecule has 4 rings (SSSR count). The molecule has 4 aromatic rings. The molecule has 0 aliphatic heterocycles. The normalized spacial score (nSPS) is 12.0. The van der Waals surface area contributed by atoms with Gasteiger partial charge in [0.25, 0.3) is 5.91 Å². The van der Waals surface area contributed by atoms with Crippen LogP contribution in [0.4, 0.5) is 21.5 Å². The number of nitrogens with one attached hydrogen (secondary N) is 3. The highest BCUT2D eigenvalue weighted by Crippen LogP contribution is 2.32. The smallest absolute Gasteiger partial charge is 0.274 e. The number of carbonyl (C=O) groups excluding carboxylic acids is 1. The first-order chi connectivity index (χ1) is 17.5. The lowest BCUT2D eigenvalue weighted by Gasteiger charge is -2.16. The Balaban J connectivity index is 1.53. The minimum Gasteiger partial charge on any atom is -0.357 e. The maximum atomic E-state index is 14.1. The van der Waals surface area contributed by atoms with Crippen LogP contribution in [0.15, 0.2) is 60.8 Å². The van der Waals surface area contributed by atoms with Crippen LogP contribution in [0.1, 0.15) is 80.5 Å². The number of H-pyrrole nitrogens is 1. The third kappa shape index (κ3) is 5.76. The van der Waals surface area contributed by atoms with Crippen LogP contribution in [0.3, 0.4) is 0 Å². The van der Waals surface area contributed by atoms with Crippen molar-refractivity contribution in [1.82, 2.24) is 9.97 Å². The number of anilines is 3. The lowest BCUT2D eigenvalue weighted by Crippen LogP contribution is -2.15. The summed E-state index contributed by atoms with van der Waals surface area (Å²) in [6, 6.07) is 16.2. The molecule has 0 aliphatic rings. The first-order valence-electron chi connectivity index (χ1n) is 13.0. The number of pyridine rings is 1. The van der Waals surface area contributed by atoms with Crippen molar-refractivity contribution in [3.63, 3.8) is 0 Å². The van der Waals surface area contributed by atoms with E-state index in [2.05, 4.69) is 40.5 Å². The van der Waals surface area contributed by atoms with Crippen LogP contribution >= 0.6 is 0 Å². The second-order valence-electron chi connectivity index (χ2n) is 9.26. The molecule has 0 saturated heterocycles. The van der Waals surface area contributed by atoms with E-state index in [4.69, 9.17) is 0 Å². The lowest BCUT2D eigenvalue weighted by atomic mass is 9.90. The molecule has 1 atom stereocenters. The van der Waals surface area contributed by atoms with Crippen molar-refractivity contribution in [3.8, 4) is 0 Å². The Morgan fingerprint density at radius 1 is 1.03 bits per heavy atom. The molecule has 2 aromatic heterocycles. The molecule has 6 heteroatoms. The minimum absolute atomic E-state index is 0.230. The van der Waals surface area contributed by atoms with Gasteiger partial charge in [0.2, 0.25) is 0 Å². The number of unbranched alkanes of at least 4 members (excludes halogenated alkanes) is 1. The van der Waals surface area contributed by atoms with E-state index in [1.165, 1.54) is 24.5 Å². The molecule has 0 bridgehead atoms. The van der Waals surface area contributed by atoms with Gasteiger partial charge in [-0.25, -0.2) is 4.39 Å². The largest absolute Gasteiger partial charge is 0.357 e. The van der Waals surface area contributed by atoms with E-state index in [0.717, 1.165) is 53.7 Å². The highest BCUT2D eigenvalue weighted by atomic mass is 19.1. The monoisotopic (exact) mass is 486 g/mol. The molecular weight excluding hydrogens is 451 g/mol. The van der Waals surface area contributed by atoms with Crippen LogP contribution in [-0.2, 0) is 6.42 Å². The van der Waals surface area contributed by atoms with E-state index in [0.29, 0.717) is 17.3 Å². The SMILES string of the molecule is CCCCC(CCC)c1ccc(C(=O)Nc2c(CC)[nH]c3cc(Nc4ccccc4F)ccc23)nc1. The molecule has 1 unspecified atom stereocenters. The van der Waals surface area contributed by atoms with E-state index in [1.807, 2.05) is 37.4 Å². The standard InChI is InChI=1S/C30H35FN4O/c1-4-7-11-20(10-5-2)21-14-17-27(32-19-21)30(36)35-29-23-16-15-22(18-28(23)34-25(29)6-3)33-26-13-9-8-12-24(26)31/h8-9,12-20,33-34H,4-7,10-11H2,1-3H3,(H,35,36). The summed E-state index contributed by atoms with van der Waals surface area (Å²) in [5.74, 6) is -0.0467. The molecule has 188 valence electrons. The van der Waals surface area contributed by atoms with Crippen LogP contribution in [0.25, 0.3) is 10.9 Å². The topological polar surface area (TPSA) is 69.8 Å². The number of hydrogen-bond donors (Lipinski definition) is 3. The van der Waals surface area contributed by atoms with Gasteiger partial charge in [-0.15, -0.1) is 0 Å². The number of aromatic amines is 1. The van der Waals surface area contributed by atoms with Crippen molar-refractivity contribution in [2.75, 3.05) is 10.6 Å². The highest BCUT2D eigenvalue weighted by molar-refractivity contribution is 6.09. The lowest BCUT2D eigenvalue weighted by molar-refractivity contribution is 0.102. The molecule has 0 saturated carbocycles. The number of amides is 1. The Bertz CT molecular complexity index is 1310. The van der Waals surface area contributed by atoms with Gasteiger partial charge in [-0.2, -0.15) is 0 Å². The summed E-state index contributed by atoms with van der Waals surface area (Å²) >= 11 is 0. The molecule has 0 fully saturated rings. The van der Waals surface area contributed by atoms with E-state index in [1.54, 1.807) is 18.2 Å². The zero-order valence-electron chi connectivity index (χ0n) is 21.3. The number of halogens is 1. The summed E-state index contributed by atoms with van der Waals surface area (Å²) in [5, 5.41) is 7.10. The maximum absolute atomic E-state index is 14.1. The van der Waals surface area contributed by atoms with Gasteiger partial charge in [0.1, 0.15) is 11.5 Å². The van der Waals surface area contributed by atoms with Gasteiger partial charge in [-0.3, -0.25) is 9.78 Å². The Kier molecular flexibility index (Phi) is 8.36. The Labute approximate surface area is 212 Å². The van der Waals surface area contributed by atoms with E-state index in [9.17, 15) is 9.18 Å². The number of aromatic nitrogens is 2. The number of para-hydroxylation sites is 1. The van der Waals surface area contributed by atoms with Crippen LogP contribution < -0.4 is 10.6 Å². The number of benzene rings is 2. The van der Waals surface area contributed by atoms with E-state index < -0.39 is 0 Å². The molecule has 1 amide bonds. The Hall–Kier alpha value is -3.67. The fourth-order valence-electron chi connectivity index (χ4n) is 4.69. The first-order valence-corrected chi connectivity index (χ1v) is 13.0. The average Bonchev–Trinajstić information content (AvgIpc) is 3.24. The van der Waals surface area contributed by atoms with E-state index in [-0.39, 0.29) is 11.7 Å². The van der Waals surface area contributed by atoms with Gasteiger partial charge in [-0.1, -0.05) is 58.2 Å². The predicted molar refractivity (Wildman–Crippen MR) is 147 cm³/mol. The highest BCUT2D eigenvalue weighted by Gasteiger charge is 2.17. The molecule has 0 spiro atoms. The second-order valence-corrected chi connectivity index (χ2v) is 9.26. The van der Waals surface area contributed by atoms with Crippen LogP contribution in [0.2, 0.25) is 0 Å². The predicted octanol–water partition coefficient (Wildman–Crippen LogP) is 8.33. The number of carbonyl (C=O) groups is 1. The molecule has 0 aliphatic carbocycles. The average molecular weight is 487 g/mol. The van der Waals surface area contributed by atoms with Crippen molar-refractivity contribution in [2.45, 2.75) is 65.2 Å². The summed E-state index contributed by atoms with van der Waals surface area (Å²) in [4.78, 5) is 21.0. The van der Waals surface area contributed by atoms with Gasteiger partial charge in [-0.05, 0) is 67.1 Å². The third-order valence-corrected chi connectivity index (χ3v) is 6.65. The summed E-state index contributed by atoms with van der Waals surface area (Å²) < 4.78 is 14.1. The number of rotatable bonds is 11. The molecule has 3 N–H and O–H groups in total. The summed E-state index contributed by atoms with van der Waals surface area (Å²) in [7, 11) is 0. The zero-order chi connectivity index (χ0) is 25.5. The van der Waals surface area contributed by atoms with Crippen molar-refractivity contribution in [2.24, 2.45) is 0 Å².